The van der Waals surface area contributed by atoms with Crippen molar-refractivity contribution in [2.24, 2.45) is 5.92 Å². The van der Waals surface area contributed by atoms with Crippen molar-refractivity contribution in [3.8, 4) is 0 Å². The van der Waals surface area contributed by atoms with Crippen molar-refractivity contribution < 1.29 is 9.18 Å². The summed E-state index contributed by atoms with van der Waals surface area (Å²) in [5.41, 5.74) is 4.06. The molecule has 0 aromatic heterocycles. The summed E-state index contributed by atoms with van der Waals surface area (Å²) in [6.45, 7) is 5.50. The molecule has 0 aliphatic heterocycles. The minimum absolute atomic E-state index is 0.0878. The highest BCUT2D eigenvalue weighted by atomic mass is 19.1. The lowest BCUT2D eigenvalue weighted by Gasteiger charge is -2.18. The fourth-order valence-electron chi connectivity index (χ4n) is 3.54. The first-order valence-corrected chi connectivity index (χ1v) is 8.47. The molecule has 0 amide bonds. The molecule has 3 rings (SSSR count). The van der Waals surface area contributed by atoms with Gasteiger partial charge >= 0.3 is 0 Å². The normalized spacial score (nSPS) is 18.5. The molecule has 23 heavy (non-hydrogen) atoms. The Labute approximate surface area is 137 Å². The fourth-order valence-corrected chi connectivity index (χ4v) is 3.54. The average molecular weight is 310 g/mol. The molecule has 2 aliphatic rings. The van der Waals surface area contributed by atoms with Crippen molar-refractivity contribution in [3.05, 3.63) is 64.5 Å². The van der Waals surface area contributed by atoms with Crippen molar-refractivity contribution >= 4 is 11.9 Å². The number of halogens is 1. The van der Waals surface area contributed by atoms with Gasteiger partial charge in [0.05, 0.1) is 0 Å². The number of benzene rings is 1. The first-order valence-electron chi connectivity index (χ1n) is 8.47. The Morgan fingerprint density at radius 1 is 1.17 bits per heavy atom. The largest absolute Gasteiger partial charge is 0.294 e. The maximum absolute atomic E-state index is 14.6. The maximum atomic E-state index is 14.6. The second-order valence-corrected chi connectivity index (χ2v) is 6.57. The summed E-state index contributed by atoms with van der Waals surface area (Å²) < 4.78 is 14.6. The van der Waals surface area contributed by atoms with E-state index in [0.717, 1.165) is 38.5 Å². The lowest BCUT2D eigenvalue weighted by molar-refractivity contribution is 0.0921. The summed E-state index contributed by atoms with van der Waals surface area (Å²) in [5.74, 6) is -0.0694. The number of allylic oxidation sites excluding steroid dienone is 4. The first kappa shape index (κ1) is 15.9. The summed E-state index contributed by atoms with van der Waals surface area (Å²) in [4.78, 5) is 12.5. The van der Waals surface area contributed by atoms with Crippen LogP contribution in [0.3, 0.4) is 0 Å². The third-order valence-electron chi connectivity index (χ3n) is 5.19. The van der Waals surface area contributed by atoms with Crippen LogP contribution in [-0.4, -0.2) is 5.78 Å². The number of carbonyl (C=O) groups excluding carboxylic acids is 1. The van der Waals surface area contributed by atoms with Gasteiger partial charge in [-0.3, -0.25) is 4.79 Å². The van der Waals surface area contributed by atoms with Crippen LogP contribution < -0.4 is 0 Å². The molecule has 0 atom stereocenters. The standard InChI is InChI=1S/C21H23FO/c1-3-15-8-9-16(15)10-11-17-12-13-19(14(2)20(17)22)21(23)18-6-4-5-7-18/h3,10-13,18H,1,4-9H2,2H3/b11-10+. The van der Waals surface area contributed by atoms with Crippen LogP contribution in [0.25, 0.3) is 6.08 Å². The lowest BCUT2D eigenvalue weighted by atomic mass is 9.87. The third kappa shape index (κ3) is 3.08. The van der Waals surface area contributed by atoms with Gasteiger partial charge in [-0.1, -0.05) is 49.8 Å². The van der Waals surface area contributed by atoms with Gasteiger partial charge in [-0.25, -0.2) is 4.39 Å². The van der Waals surface area contributed by atoms with E-state index < -0.39 is 0 Å². The van der Waals surface area contributed by atoms with Crippen molar-refractivity contribution in [3.63, 3.8) is 0 Å². The van der Waals surface area contributed by atoms with Gasteiger partial charge in [0.15, 0.2) is 5.78 Å². The summed E-state index contributed by atoms with van der Waals surface area (Å²) in [7, 11) is 0. The molecule has 1 aromatic rings. The fraction of sp³-hybridized carbons (Fsp3) is 0.381. The van der Waals surface area contributed by atoms with Gasteiger partial charge in [-0.15, -0.1) is 0 Å². The van der Waals surface area contributed by atoms with E-state index in [-0.39, 0.29) is 17.5 Å². The molecule has 0 bridgehead atoms. The van der Waals surface area contributed by atoms with Crippen LogP contribution in [0.4, 0.5) is 4.39 Å². The molecule has 1 nitrogen and oxygen atoms in total. The maximum Gasteiger partial charge on any atom is 0.166 e. The Hall–Kier alpha value is -1.96. The van der Waals surface area contributed by atoms with Crippen LogP contribution in [-0.2, 0) is 0 Å². The summed E-state index contributed by atoms with van der Waals surface area (Å²) >= 11 is 0. The molecule has 2 heteroatoms. The monoisotopic (exact) mass is 310 g/mol. The molecular formula is C21H23FO. The second kappa shape index (κ2) is 6.66. The summed E-state index contributed by atoms with van der Waals surface area (Å²) in [5, 5.41) is 0. The molecule has 0 radical (unpaired) electrons. The second-order valence-electron chi connectivity index (χ2n) is 6.57. The molecule has 2 aliphatic carbocycles. The predicted octanol–water partition coefficient (Wildman–Crippen LogP) is 5.80. The van der Waals surface area contributed by atoms with Crippen LogP contribution in [0, 0.1) is 18.7 Å². The molecule has 120 valence electrons. The average Bonchev–Trinajstić information content (AvgIpc) is 3.05. The smallest absolute Gasteiger partial charge is 0.166 e. The van der Waals surface area contributed by atoms with Gasteiger partial charge in [0.2, 0.25) is 0 Å². The highest BCUT2D eigenvalue weighted by Gasteiger charge is 2.26. The van der Waals surface area contributed by atoms with E-state index in [1.54, 1.807) is 19.1 Å². The van der Waals surface area contributed by atoms with E-state index in [4.69, 9.17) is 0 Å². The minimum atomic E-state index is -0.273. The quantitative estimate of drug-likeness (QED) is 0.628. The highest BCUT2D eigenvalue weighted by Crippen LogP contribution is 2.32. The Morgan fingerprint density at radius 2 is 1.87 bits per heavy atom. The van der Waals surface area contributed by atoms with Gasteiger partial charge in [0.1, 0.15) is 5.82 Å². The SMILES string of the molecule is C=CC1=C(/C=C/c2ccc(C(=O)C3CCCC3)c(C)c2F)CC1. The van der Waals surface area contributed by atoms with E-state index >= 15 is 0 Å². The van der Waals surface area contributed by atoms with Gasteiger partial charge in [0, 0.05) is 17.0 Å². The van der Waals surface area contributed by atoms with Gasteiger partial charge in [0.25, 0.3) is 0 Å². The van der Waals surface area contributed by atoms with Crippen LogP contribution in [0.1, 0.15) is 60.0 Å². The van der Waals surface area contributed by atoms with Gasteiger partial charge in [-0.2, -0.15) is 0 Å². The van der Waals surface area contributed by atoms with Crippen molar-refractivity contribution in [1.82, 2.24) is 0 Å². The number of Topliss-reactive ketones (excluding diaryl/α,β-unsaturated/α-hetero) is 1. The highest BCUT2D eigenvalue weighted by molar-refractivity contribution is 5.99. The molecule has 1 saturated carbocycles. The van der Waals surface area contributed by atoms with Crippen molar-refractivity contribution in [2.45, 2.75) is 45.4 Å². The zero-order valence-corrected chi connectivity index (χ0v) is 13.7. The van der Waals surface area contributed by atoms with Crippen LogP contribution >= 0.6 is 0 Å². The van der Waals surface area contributed by atoms with Crippen LogP contribution in [0.15, 0.2) is 42.0 Å². The van der Waals surface area contributed by atoms with Crippen molar-refractivity contribution in [1.29, 1.82) is 0 Å². The van der Waals surface area contributed by atoms with E-state index in [1.807, 2.05) is 18.2 Å². The summed E-state index contributed by atoms with van der Waals surface area (Å²) in [6.07, 6.45) is 11.8. The summed E-state index contributed by atoms with van der Waals surface area (Å²) in [6, 6.07) is 3.52. The van der Waals surface area contributed by atoms with Crippen LogP contribution in [0.5, 0.6) is 0 Å². The van der Waals surface area contributed by atoms with E-state index in [2.05, 4.69) is 6.58 Å². The number of hydrogen-bond acceptors (Lipinski definition) is 1. The molecule has 0 spiro atoms. The van der Waals surface area contributed by atoms with E-state index in [1.165, 1.54) is 11.1 Å². The van der Waals surface area contributed by atoms with Gasteiger partial charge in [-0.05, 0) is 49.3 Å². The zero-order chi connectivity index (χ0) is 16.4. The topological polar surface area (TPSA) is 17.1 Å². The lowest BCUT2D eigenvalue weighted by Crippen LogP contribution is -2.13. The molecule has 0 heterocycles. The zero-order valence-electron chi connectivity index (χ0n) is 13.7. The molecule has 1 fully saturated rings. The van der Waals surface area contributed by atoms with Crippen LogP contribution in [0.2, 0.25) is 0 Å². The number of hydrogen-bond donors (Lipinski definition) is 0. The molecule has 0 unspecified atom stereocenters. The Bertz CT molecular complexity index is 703. The van der Waals surface area contributed by atoms with E-state index in [9.17, 15) is 9.18 Å². The number of rotatable bonds is 5. The Kier molecular flexibility index (Phi) is 4.61. The number of ketones is 1. The Morgan fingerprint density at radius 3 is 2.48 bits per heavy atom. The van der Waals surface area contributed by atoms with Gasteiger partial charge < -0.3 is 0 Å². The Balaban J connectivity index is 1.84. The number of carbonyl (C=O) groups is 1. The molecule has 1 aromatic carbocycles. The predicted molar refractivity (Wildman–Crippen MR) is 92.9 cm³/mol. The molecule has 0 N–H and O–H groups in total. The first-order chi connectivity index (χ1) is 11.1. The molecule has 0 saturated heterocycles. The third-order valence-corrected chi connectivity index (χ3v) is 5.19. The minimum Gasteiger partial charge on any atom is -0.294 e. The van der Waals surface area contributed by atoms with Crippen molar-refractivity contribution in [2.75, 3.05) is 0 Å². The van der Waals surface area contributed by atoms with E-state index in [0.29, 0.717) is 16.7 Å². The molecular weight excluding hydrogens is 287 g/mol.